The largest absolute Gasteiger partial charge is 0.356 e. The summed E-state index contributed by atoms with van der Waals surface area (Å²) in [6.07, 6.45) is 6.79. The Morgan fingerprint density at radius 2 is 1.95 bits per heavy atom. The lowest BCUT2D eigenvalue weighted by molar-refractivity contribution is -0.129. The average molecular weight is 305 g/mol. The molecule has 0 bridgehead atoms. The standard InChI is InChI=1S/C16H32N2O.ClH/c1-12(2)14-8-7-13(3)11-15(14)16(19)18-10-6-4-5-9-17;/h12-15H,4-11,17H2,1-3H3,(H,18,19);1H/t13-,14+,15-;/m1./s1. The van der Waals surface area contributed by atoms with Gasteiger partial charge in [0.25, 0.3) is 0 Å². The Balaban J connectivity index is 0.00000361. The van der Waals surface area contributed by atoms with Gasteiger partial charge in [0.1, 0.15) is 0 Å². The lowest BCUT2D eigenvalue weighted by atomic mass is 9.70. The molecule has 0 radical (unpaired) electrons. The van der Waals surface area contributed by atoms with Crippen LogP contribution in [0.3, 0.4) is 0 Å². The highest BCUT2D eigenvalue weighted by Gasteiger charge is 2.34. The lowest BCUT2D eigenvalue weighted by Crippen LogP contribution is -2.40. The van der Waals surface area contributed by atoms with E-state index in [0.717, 1.165) is 38.8 Å². The number of amides is 1. The van der Waals surface area contributed by atoms with Crippen molar-refractivity contribution in [1.29, 1.82) is 0 Å². The molecule has 0 aromatic rings. The third-order valence-corrected chi connectivity index (χ3v) is 4.54. The first-order valence-corrected chi connectivity index (χ1v) is 8.04. The van der Waals surface area contributed by atoms with Gasteiger partial charge in [-0.1, -0.05) is 33.6 Å². The van der Waals surface area contributed by atoms with E-state index in [4.69, 9.17) is 5.73 Å². The Morgan fingerprint density at radius 1 is 1.25 bits per heavy atom. The van der Waals surface area contributed by atoms with Gasteiger partial charge in [-0.3, -0.25) is 4.79 Å². The van der Waals surface area contributed by atoms with Crippen LogP contribution in [0.1, 0.15) is 59.3 Å². The lowest BCUT2D eigenvalue weighted by Gasteiger charge is -2.36. The van der Waals surface area contributed by atoms with Crippen LogP contribution in [0.15, 0.2) is 0 Å². The molecule has 1 aliphatic carbocycles. The van der Waals surface area contributed by atoms with Gasteiger partial charge in [0, 0.05) is 12.5 Å². The first kappa shape index (κ1) is 19.7. The zero-order chi connectivity index (χ0) is 14.3. The number of unbranched alkanes of at least 4 members (excludes halogenated alkanes) is 2. The maximum absolute atomic E-state index is 12.4. The van der Waals surface area contributed by atoms with Gasteiger partial charge in [-0.05, 0) is 50.0 Å². The van der Waals surface area contributed by atoms with Crippen molar-refractivity contribution < 1.29 is 4.79 Å². The summed E-state index contributed by atoms with van der Waals surface area (Å²) in [5.41, 5.74) is 5.47. The highest BCUT2D eigenvalue weighted by atomic mass is 35.5. The first-order valence-electron chi connectivity index (χ1n) is 8.04. The number of carbonyl (C=O) groups is 1. The number of nitrogens with one attached hydrogen (secondary N) is 1. The summed E-state index contributed by atoms with van der Waals surface area (Å²) in [6.45, 7) is 8.35. The minimum atomic E-state index is 0. The van der Waals surface area contributed by atoms with Crippen LogP contribution in [0.4, 0.5) is 0 Å². The molecule has 1 rings (SSSR count). The Bertz CT molecular complexity index is 271. The van der Waals surface area contributed by atoms with Gasteiger partial charge in [0.05, 0.1) is 0 Å². The van der Waals surface area contributed by atoms with Gasteiger partial charge in [0.15, 0.2) is 0 Å². The van der Waals surface area contributed by atoms with E-state index in [-0.39, 0.29) is 24.2 Å². The van der Waals surface area contributed by atoms with Crippen LogP contribution in [0, 0.1) is 23.7 Å². The summed E-state index contributed by atoms with van der Waals surface area (Å²) >= 11 is 0. The Labute approximate surface area is 130 Å². The molecule has 20 heavy (non-hydrogen) atoms. The predicted molar refractivity (Wildman–Crippen MR) is 88.0 cm³/mol. The van der Waals surface area contributed by atoms with Crippen LogP contribution in [0.5, 0.6) is 0 Å². The molecule has 1 amide bonds. The van der Waals surface area contributed by atoms with E-state index in [1.807, 2.05) is 0 Å². The second kappa shape index (κ2) is 10.4. The third kappa shape index (κ3) is 6.45. The molecule has 3 nitrogen and oxygen atoms in total. The van der Waals surface area contributed by atoms with Crippen molar-refractivity contribution in [1.82, 2.24) is 5.32 Å². The van der Waals surface area contributed by atoms with E-state index in [1.165, 1.54) is 12.8 Å². The molecule has 4 heteroatoms. The topological polar surface area (TPSA) is 55.1 Å². The molecule has 0 heterocycles. The fourth-order valence-corrected chi connectivity index (χ4v) is 3.29. The van der Waals surface area contributed by atoms with Crippen molar-refractivity contribution in [2.24, 2.45) is 29.4 Å². The van der Waals surface area contributed by atoms with Gasteiger partial charge in [-0.2, -0.15) is 0 Å². The number of rotatable bonds is 7. The van der Waals surface area contributed by atoms with E-state index < -0.39 is 0 Å². The van der Waals surface area contributed by atoms with Gasteiger partial charge >= 0.3 is 0 Å². The van der Waals surface area contributed by atoms with Crippen LogP contribution in [0.25, 0.3) is 0 Å². The normalized spacial score (nSPS) is 26.1. The molecule has 1 saturated carbocycles. The molecular formula is C16H33ClN2O. The number of nitrogens with two attached hydrogens (primary N) is 1. The van der Waals surface area contributed by atoms with E-state index in [1.54, 1.807) is 0 Å². The van der Waals surface area contributed by atoms with Crippen molar-refractivity contribution in [2.45, 2.75) is 59.3 Å². The summed E-state index contributed by atoms with van der Waals surface area (Å²) in [5, 5.41) is 3.14. The molecule has 0 aromatic heterocycles. The number of halogens is 1. The monoisotopic (exact) mass is 304 g/mol. The van der Waals surface area contributed by atoms with Crippen molar-refractivity contribution >= 4 is 18.3 Å². The molecule has 1 fully saturated rings. The highest BCUT2D eigenvalue weighted by molar-refractivity contribution is 5.85. The SMILES string of the molecule is CC(C)[C@@H]1CC[C@@H](C)C[C@H]1C(=O)NCCCCCN.Cl. The maximum atomic E-state index is 12.4. The Morgan fingerprint density at radius 3 is 2.55 bits per heavy atom. The zero-order valence-electron chi connectivity index (χ0n) is 13.4. The maximum Gasteiger partial charge on any atom is 0.223 e. The number of hydrogen-bond acceptors (Lipinski definition) is 2. The van der Waals surface area contributed by atoms with Crippen LogP contribution >= 0.6 is 12.4 Å². The third-order valence-electron chi connectivity index (χ3n) is 4.54. The van der Waals surface area contributed by atoms with Gasteiger partial charge in [-0.25, -0.2) is 0 Å². The summed E-state index contributed by atoms with van der Waals surface area (Å²) in [6, 6.07) is 0. The molecule has 0 aromatic carbocycles. The molecule has 0 saturated heterocycles. The second-order valence-corrected chi connectivity index (χ2v) is 6.57. The van der Waals surface area contributed by atoms with Crippen LogP contribution in [-0.4, -0.2) is 19.0 Å². The molecule has 0 spiro atoms. The molecule has 3 N–H and O–H groups in total. The Kier molecular flexibility index (Phi) is 10.3. The fraction of sp³-hybridized carbons (Fsp3) is 0.938. The smallest absolute Gasteiger partial charge is 0.223 e. The average Bonchev–Trinajstić information content (AvgIpc) is 2.37. The number of hydrogen-bond donors (Lipinski definition) is 2. The van der Waals surface area contributed by atoms with Gasteiger partial charge in [0.2, 0.25) is 5.91 Å². The van der Waals surface area contributed by atoms with E-state index in [9.17, 15) is 4.79 Å². The molecule has 0 aliphatic heterocycles. The molecular weight excluding hydrogens is 272 g/mol. The Hall–Kier alpha value is -0.280. The predicted octanol–water partition coefficient (Wildman–Crippen LogP) is 3.36. The van der Waals surface area contributed by atoms with Crippen LogP contribution < -0.4 is 11.1 Å². The minimum absolute atomic E-state index is 0. The molecule has 120 valence electrons. The van der Waals surface area contributed by atoms with Crippen LogP contribution in [0.2, 0.25) is 0 Å². The zero-order valence-corrected chi connectivity index (χ0v) is 14.2. The van der Waals surface area contributed by atoms with Gasteiger partial charge < -0.3 is 11.1 Å². The van der Waals surface area contributed by atoms with Gasteiger partial charge in [-0.15, -0.1) is 12.4 Å². The fourth-order valence-electron chi connectivity index (χ4n) is 3.29. The molecule has 1 aliphatic rings. The number of carbonyl (C=O) groups excluding carboxylic acids is 1. The molecule has 3 atom stereocenters. The summed E-state index contributed by atoms with van der Waals surface area (Å²) in [4.78, 5) is 12.4. The first-order chi connectivity index (χ1) is 9.06. The van der Waals surface area contributed by atoms with E-state index in [0.29, 0.717) is 17.8 Å². The van der Waals surface area contributed by atoms with E-state index in [2.05, 4.69) is 26.1 Å². The summed E-state index contributed by atoms with van der Waals surface area (Å²) < 4.78 is 0. The summed E-state index contributed by atoms with van der Waals surface area (Å²) in [5.74, 6) is 2.40. The van der Waals surface area contributed by atoms with Crippen molar-refractivity contribution in [3.05, 3.63) is 0 Å². The van der Waals surface area contributed by atoms with Crippen molar-refractivity contribution in [3.8, 4) is 0 Å². The quantitative estimate of drug-likeness (QED) is 0.709. The second-order valence-electron chi connectivity index (χ2n) is 6.57. The minimum Gasteiger partial charge on any atom is -0.356 e. The van der Waals surface area contributed by atoms with Crippen LogP contribution in [-0.2, 0) is 4.79 Å². The highest BCUT2D eigenvalue weighted by Crippen LogP contribution is 2.38. The molecule has 0 unspecified atom stereocenters. The van der Waals surface area contributed by atoms with Crippen molar-refractivity contribution in [2.75, 3.05) is 13.1 Å². The summed E-state index contributed by atoms with van der Waals surface area (Å²) in [7, 11) is 0. The van der Waals surface area contributed by atoms with E-state index >= 15 is 0 Å². The van der Waals surface area contributed by atoms with Crippen molar-refractivity contribution in [3.63, 3.8) is 0 Å².